The lowest BCUT2D eigenvalue weighted by Gasteiger charge is -2.23. The molecule has 1 atom stereocenters. The molecule has 22 heavy (non-hydrogen) atoms. The molecule has 5 nitrogen and oxygen atoms in total. The van der Waals surface area contributed by atoms with E-state index in [2.05, 4.69) is 15.4 Å². The summed E-state index contributed by atoms with van der Waals surface area (Å²) in [6.07, 6.45) is 0.257. The van der Waals surface area contributed by atoms with Gasteiger partial charge in [-0.2, -0.15) is 8.78 Å². The van der Waals surface area contributed by atoms with Gasteiger partial charge in [0.25, 0.3) is 0 Å². The molecule has 1 aliphatic heterocycles. The number of anilines is 1. The highest BCUT2D eigenvalue weighted by atomic mass is 35.5. The minimum Gasteiger partial charge on any atom is -0.433 e. The van der Waals surface area contributed by atoms with Gasteiger partial charge in [0.15, 0.2) is 0 Å². The van der Waals surface area contributed by atoms with Crippen molar-refractivity contribution >= 4 is 35.6 Å². The Labute approximate surface area is 137 Å². The first kappa shape index (κ1) is 18.9. The van der Waals surface area contributed by atoms with Gasteiger partial charge in [0.2, 0.25) is 5.91 Å². The van der Waals surface area contributed by atoms with Crippen LogP contribution in [-0.2, 0) is 9.53 Å². The number of benzene rings is 1. The van der Waals surface area contributed by atoms with Gasteiger partial charge in [0.05, 0.1) is 18.2 Å². The predicted octanol–water partition coefficient (Wildman–Crippen LogP) is 2.68. The lowest BCUT2D eigenvalue weighted by molar-refractivity contribution is -0.117. The van der Waals surface area contributed by atoms with Gasteiger partial charge < -0.3 is 20.1 Å². The van der Waals surface area contributed by atoms with Crippen LogP contribution in [0.4, 0.5) is 14.5 Å². The molecule has 1 amide bonds. The van der Waals surface area contributed by atoms with Crippen molar-refractivity contribution in [2.45, 2.75) is 19.1 Å². The fourth-order valence-electron chi connectivity index (χ4n) is 1.96. The lowest BCUT2D eigenvalue weighted by Crippen LogP contribution is -2.43. The molecule has 1 unspecified atom stereocenters. The summed E-state index contributed by atoms with van der Waals surface area (Å²) in [5.41, 5.74) is 0.420. The molecule has 0 spiro atoms. The monoisotopic (exact) mass is 356 g/mol. The van der Waals surface area contributed by atoms with Gasteiger partial charge in [-0.3, -0.25) is 4.79 Å². The highest BCUT2D eigenvalue weighted by molar-refractivity contribution is 6.32. The molecule has 1 aliphatic rings. The van der Waals surface area contributed by atoms with E-state index < -0.39 is 6.61 Å². The number of hydrogen-bond acceptors (Lipinski definition) is 4. The first-order valence-corrected chi connectivity index (χ1v) is 6.77. The normalized spacial score (nSPS) is 17.7. The second kappa shape index (κ2) is 9.09. The smallest absolute Gasteiger partial charge is 0.387 e. The molecule has 1 saturated heterocycles. The predicted molar refractivity (Wildman–Crippen MR) is 81.2 cm³/mol. The number of nitrogens with one attached hydrogen (secondary N) is 2. The summed E-state index contributed by atoms with van der Waals surface area (Å²) in [5, 5.41) is 5.82. The minimum atomic E-state index is -2.94. The third-order valence-electron chi connectivity index (χ3n) is 2.86. The van der Waals surface area contributed by atoms with Crippen molar-refractivity contribution in [3.05, 3.63) is 23.2 Å². The highest BCUT2D eigenvalue weighted by Gasteiger charge is 2.17. The van der Waals surface area contributed by atoms with Crippen LogP contribution >= 0.6 is 24.0 Å². The number of carbonyl (C=O) groups is 1. The molecule has 0 saturated carbocycles. The maximum absolute atomic E-state index is 12.1. The zero-order valence-corrected chi connectivity index (χ0v) is 13.1. The summed E-state index contributed by atoms with van der Waals surface area (Å²) in [6.45, 7) is -1.11. The van der Waals surface area contributed by atoms with E-state index in [0.717, 1.165) is 0 Å². The molecule has 1 heterocycles. The summed E-state index contributed by atoms with van der Waals surface area (Å²) < 4.78 is 33.7. The zero-order valence-electron chi connectivity index (χ0n) is 11.5. The van der Waals surface area contributed by atoms with Crippen molar-refractivity contribution in [1.29, 1.82) is 0 Å². The van der Waals surface area contributed by atoms with Crippen LogP contribution in [0.5, 0.6) is 5.75 Å². The van der Waals surface area contributed by atoms with Gasteiger partial charge >= 0.3 is 6.61 Å². The molecule has 2 rings (SSSR count). The Kier molecular flexibility index (Phi) is 7.81. The van der Waals surface area contributed by atoms with Crippen LogP contribution in [-0.4, -0.2) is 38.3 Å². The van der Waals surface area contributed by atoms with E-state index in [0.29, 0.717) is 25.4 Å². The van der Waals surface area contributed by atoms with E-state index in [1.807, 2.05) is 0 Å². The van der Waals surface area contributed by atoms with E-state index in [1.54, 1.807) is 0 Å². The van der Waals surface area contributed by atoms with Gasteiger partial charge in [-0.05, 0) is 18.2 Å². The van der Waals surface area contributed by atoms with Gasteiger partial charge in [0.1, 0.15) is 5.75 Å². The lowest BCUT2D eigenvalue weighted by atomic mass is 10.2. The fourth-order valence-corrected chi connectivity index (χ4v) is 2.18. The average molecular weight is 357 g/mol. The molecule has 1 aromatic carbocycles. The Morgan fingerprint density at radius 2 is 2.32 bits per heavy atom. The first-order chi connectivity index (χ1) is 10.0. The van der Waals surface area contributed by atoms with Crippen LogP contribution < -0.4 is 15.4 Å². The Balaban J connectivity index is 0.00000242. The van der Waals surface area contributed by atoms with Crippen molar-refractivity contribution in [1.82, 2.24) is 5.32 Å². The second-order valence-corrected chi connectivity index (χ2v) is 4.91. The molecular weight excluding hydrogens is 341 g/mol. The molecule has 0 radical (unpaired) electrons. The Morgan fingerprint density at radius 3 is 2.91 bits per heavy atom. The summed E-state index contributed by atoms with van der Waals surface area (Å²) in [4.78, 5) is 11.9. The number of alkyl halides is 2. The minimum absolute atomic E-state index is 0. The van der Waals surface area contributed by atoms with Crippen LogP contribution in [0.2, 0.25) is 5.02 Å². The van der Waals surface area contributed by atoms with E-state index in [4.69, 9.17) is 16.3 Å². The Hall–Kier alpha value is -1.15. The van der Waals surface area contributed by atoms with Crippen LogP contribution in [0, 0.1) is 0 Å². The number of rotatable bonds is 5. The van der Waals surface area contributed by atoms with E-state index in [1.165, 1.54) is 18.2 Å². The topological polar surface area (TPSA) is 59.6 Å². The van der Waals surface area contributed by atoms with Crippen molar-refractivity contribution in [2.75, 3.05) is 25.1 Å². The Morgan fingerprint density at radius 1 is 1.55 bits per heavy atom. The van der Waals surface area contributed by atoms with Crippen LogP contribution in [0.1, 0.15) is 6.42 Å². The van der Waals surface area contributed by atoms with Crippen molar-refractivity contribution in [3.8, 4) is 5.75 Å². The van der Waals surface area contributed by atoms with Crippen molar-refractivity contribution in [2.24, 2.45) is 0 Å². The zero-order chi connectivity index (χ0) is 15.2. The van der Waals surface area contributed by atoms with Gasteiger partial charge in [-0.15, -0.1) is 12.4 Å². The quantitative estimate of drug-likeness (QED) is 0.851. The number of morpholine rings is 1. The molecular formula is C13H16Cl2F2N2O3. The van der Waals surface area contributed by atoms with Crippen LogP contribution in [0.3, 0.4) is 0 Å². The molecule has 1 fully saturated rings. The van der Waals surface area contributed by atoms with Crippen LogP contribution in [0.15, 0.2) is 18.2 Å². The molecule has 2 N–H and O–H groups in total. The van der Waals surface area contributed by atoms with Crippen molar-refractivity contribution < 1.29 is 23.0 Å². The average Bonchev–Trinajstić information content (AvgIpc) is 2.42. The summed E-state index contributed by atoms with van der Waals surface area (Å²) in [7, 11) is 0. The molecule has 0 aromatic heterocycles. The van der Waals surface area contributed by atoms with Gasteiger partial charge in [-0.1, -0.05) is 11.6 Å². The van der Waals surface area contributed by atoms with Crippen molar-refractivity contribution in [3.63, 3.8) is 0 Å². The maximum Gasteiger partial charge on any atom is 0.387 e. The third-order valence-corrected chi connectivity index (χ3v) is 3.16. The third kappa shape index (κ3) is 5.92. The SMILES string of the molecule is Cl.O=C(CC1COCCN1)Nc1ccc(OC(F)F)c(Cl)c1. The van der Waals surface area contributed by atoms with Gasteiger partial charge in [0, 0.05) is 24.7 Å². The fraction of sp³-hybridized carbons (Fsp3) is 0.462. The first-order valence-electron chi connectivity index (χ1n) is 6.40. The highest BCUT2D eigenvalue weighted by Crippen LogP contribution is 2.29. The van der Waals surface area contributed by atoms with E-state index >= 15 is 0 Å². The second-order valence-electron chi connectivity index (χ2n) is 4.50. The van der Waals surface area contributed by atoms with Gasteiger partial charge in [-0.25, -0.2) is 0 Å². The van der Waals surface area contributed by atoms with E-state index in [-0.39, 0.29) is 41.5 Å². The maximum atomic E-state index is 12.1. The number of ether oxygens (including phenoxy) is 2. The summed E-state index contributed by atoms with van der Waals surface area (Å²) >= 11 is 5.81. The Bertz CT molecular complexity index is 500. The number of carbonyl (C=O) groups excluding carboxylic acids is 1. The molecule has 9 heteroatoms. The molecule has 0 aliphatic carbocycles. The number of hydrogen-bond donors (Lipinski definition) is 2. The molecule has 124 valence electrons. The molecule has 0 bridgehead atoms. The van der Waals surface area contributed by atoms with E-state index in [9.17, 15) is 13.6 Å². The largest absolute Gasteiger partial charge is 0.433 e. The number of halogens is 4. The summed E-state index contributed by atoms with van der Waals surface area (Å²) in [5.74, 6) is -0.344. The molecule has 1 aromatic rings. The standard InChI is InChI=1S/C13H15ClF2N2O3.ClH/c14-10-5-8(1-2-11(10)21-13(15)16)18-12(19)6-9-7-20-4-3-17-9;/h1-2,5,9,13,17H,3-4,6-7H2,(H,18,19);1H. The van der Waals surface area contributed by atoms with Crippen LogP contribution in [0.25, 0.3) is 0 Å². The number of amides is 1. The summed E-state index contributed by atoms with van der Waals surface area (Å²) in [6, 6.07) is 4.07.